The van der Waals surface area contributed by atoms with Crippen LogP contribution < -0.4 is 0 Å². The van der Waals surface area contributed by atoms with Crippen molar-refractivity contribution in [2.75, 3.05) is 0 Å². The lowest BCUT2D eigenvalue weighted by molar-refractivity contribution is 0.112. The van der Waals surface area contributed by atoms with E-state index in [1.54, 1.807) is 0 Å². The van der Waals surface area contributed by atoms with Gasteiger partial charge in [-0.1, -0.05) is 11.6 Å². The summed E-state index contributed by atoms with van der Waals surface area (Å²) in [6, 6.07) is 2.54. The molecule has 1 aromatic carbocycles. The Morgan fingerprint density at radius 1 is 1.55 bits per heavy atom. The summed E-state index contributed by atoms with van der Waals surface area (Å²) in [7, 11) is 0. The van der Waals surface area contributed by atoms with Crippen LogP contribution in [0, 0.1) is 9.39 Å². The van der Waals surface area contributed by atoms with Crippen LogP contribution in [-0.2, 0) is 0 Å². The van der Waals surface area contributed by atoms with E-state index in [2.05, 4.69) is 0 Å². The predicted octanol–water partition coefficient (Wildman–Crippen LogP) is 2.90. The molecule has 0 saturated heterocycles. The van der Waals surface area contributed by atoms with Crippen molar-refractivity contribution >= 4 is 40.5 Å². The molecule has 58 valence electrons. The third-order valence-corrected chi connectivity index (χ3v) is 2.39. The second-order valence-electron chi connectivity index (χ2n) is 1.91. The van der Waals surface area contributed by atoms with E-state index in [1.165, 1.54) is 12.1 Å². The van der Waals surface area contributed by atoms with Gasteiger partial charge in [-0.25, -0.2) is 4.39 Å². The molecule has 0 bridgehead atoms. The number of rotatable bonds is 1. The van der Waals surface area contributed by atoms with Crippen molar-refractivity contribution in [1.82, 2.24) is 0 Å². The summed E-state index contributed by atoms with van der Waals surface area (Å²) >= 11 is 7.30. The van der Waals surface area contributed by atoms with Gasteiger partial charge < -0.3 is 0 Å². The molecule has 0 aliphatic carbocycles. The first-order valence-corrected chi connectivity index (χ1v) is 4.20. The van der Waals surface area contributed by atoms with Gasteiger partial charge in [0.25, 0.3) is 0 Å². The van der Waals surface area contributed by atoms with E-state index < -0.39 is 5.82 Å². The maximum atomic E-state index is 12.6. The minimum Gasteiger partial charge on any atom is -0.298 e. The van der Waals surface area contributed by atoms with Gasteiger partial charge in [0.15, 0.2) is 6.29 Å². The molecule has 11 heavy (non-hydrogen) atoms. The normalized spacial score (nSPS) is 9.73. The van der Waals surface area contributed by atoms with E-state index in [4.69, 9.17) is 11.6 Å². The highest BCUT2D eigenvalue weighted by Gasteiger charge is 2.04. The average Bonchev–Trinajstić information content (AvgIpc) is 1.97. The largest absolute Gasteiger partial charge is 0.298 e. The Bertz CT molecular complexity index is 301. The molecule has 0 N–H and O–H groups in total. The second-order valence-corrected chi connectivity index (χ2v) is 3.48. The van der Waals surface area contributed by atoms with E-state index >= 15 is 0 Å². The number of carbonyl (C=O) groups excluding carboxylic acids is 1. The SMILES string of the molecule is O=Cc1cc(Cl)c(F)cc1I. The van der Waals surface area contributed by atoms with Gasteiger partial charge in [-0.15, -0.1) is 0 Å². The molecule has 1 rings (SSSR count). The highest BCUT2D eigenvalue weighted by atomic mass is 127. The zero-order valence-corrected chi connectivity index (χ0v) is 8.19. The average molecular weight is 284 g/mol. The van der Waals surface area contributed by atoms with Crippen LogP contribution >= 0.6 is 34.2 Å². The van der Waals surface area contributed by atoms with E-state index in [0.29, 0.717) is 15.4 Å². The second kappa shape index (κ2) is 3.49. The Balaban J connectivity index is 3.31. The number of benzene rings is 1. The lowest BCUT2D eigenvalue weighted by Gasteiger charge is -1.97. The molecule has 1 nitrogen and oxygen atoms in total. The molecule has 0 aliphatic rings. The van der Waals surface area contributed by atoms with Gasteiger partial charge in [0.1, 0.15) is 5.82 Å². The molecule has 0 atom stereocenters. The standard InChI is InChI=1S/C7H3ClFIO/c8-5-1-4(3-11)7(10)2-6(5)9/h1-3H. The summed E-state index contributed by atoms with van der Waals surface area (Å²) in [5, 5.41) is -0.0208. The lowest BCUT2D eigenvalue weighted by Crippen LogP contribution is -1.88. The first kappa shape index (κ1) is 8.93. The number of carbonyl (C=O) groups is 1. The van der Waals surface area contributed by atoms with Crippen molar-refractivity contribution in [1.29, 1.82) is 0 Å². The topological polar surface area (TPSA) is 17.1 Å². The van der Waals surface area contributed by atoms with E-state index in [9.17, 15) is 9.18 Å². The number of aldehydes is 1. The molecule has 0 aliphatic heterocycles. The molecule has 0 aromatic heterocycles. The van der Waals surface area contributed by atoms with Crippen LogP contribution in [0.3, 0.4) is 0 Å². The molecule has 0 amide bonds. The molecular formula is C7H3ClFIO. The first-order chi connectivity index (χ1) is 5.15. The minimum atomic E-state index is -0.498. The zero-order chi connectivity index (χ0) is 8.43. The quantitative estimate of drug-likeness (QED) is 0.440. The molecule has 0 fully saturated rings. The summed E-state index contributed by atoms with van der Waals surface area (Å²) in [5.41, 5.74) is 0.414. The van der Waals surface area contributed by atoms with Crippen LogP contribution in [0.25, 0.3) is 0 Å². The van der Waals surface area contributed by atoms with Gasteiger partial charge >= 0.3 is 0 Å². The smallest absolute Gasteiger partial charge is 0.151 e. The van der Waals surface area contributed by atoms with Crippen molar-refractivity contribution in [2.45, 2.75) is 0 Å². The van der Waals surface area contributed by atoms with Crippen molar-refractivity contribution in [2.24, 2.45) is 0 Å². The fourth-order valence-corrected chi connectivity index (χ4v) is 1.36. The van der Waals surface area contributed by atoms with Gasteiger partial charge in [0, 0.05) is 9.13 Å². The molecule has 0 saturated carbocycles. The molecule has 0 spiro atoms. The first-order valence-electron chi connectivity index (χ1n) is 2.75. The molecule has 0 radical (unpaired) electrons. The highest BCUT2D eigenvalue weighted by molar-refractivity contribution is 14.1. The summed E-state index contributed by atoms with van der Waals surface area (Å²) < 4.78 is 13.2. The van der Waals surface area contributed by atoms with Gasteiger partial charge in [-0.05, 0) is 34.7 Å². The summed E-state index contributed by atoms with van der Waals surface area (Å²) in [6.07, 6.45) is 0.646. The molecule has 0 unspecified atom stereocenters. The fraction of sp³-hybridized carbons (Fsp3) is 0. The third kappa shape index (κ3) is 1.90. The predicted molar refractivity (Wildman–Crippen MR) is 49.5 cm³/mol. The van der Waals surface area contributed by atoms with Gasteiger partial charge in [-0.3, -0.25) is 4.79 Å². The monoisotopic (exact) mass is 284 g/mol. The number of halogens is 3. The van der Waals surface area contributed by atoms with Crippen LogP contribution in [0.1, 0.15) is 10.4 Å². The van der Waals surface area contributed by atoms with Crippen LogP contribution in [-0.4, -0.2) is 6.29 Å². The third-order valence-electron chi connectivity index (χ3n) is 1.17. The summed E-state index contributed by atoms with van der Waals surface area (Å²) in [4.78, 5) is 10.3. The van der Waals surface area contributed by atoms with Gasteiger partial charge in [0.2, 0.25) is 0 Å². The maximum Gasteiger partial charge on any atom is 0.151 e. The van der Waals surface area contributed by atoms with Gasteiger partial charge in [-0.2, -0.15) is 0 Å². The number of hydrogen-bond acceptors (Lipinski definition) is 1. The van der Waals surface area contributed by atoms with E-state index in [-0.39, 0.29) is 5.02 Å². The molecule has 1 aromatic rings. The molecule has 4 heteroatoms. The molecule has 0 heterocycles. The van der Waals surface area contributed by atoms with Crippen molar-refractivity contribution in [3.8, 4) is 0 Å². The van der Waals surface area contributed by atoms with Crippen LogP contribution in [0.5, 0.6) is 0 Å². The number of hydrogen-bond donors (Lipinski definition) is 0. The van der Waals surface area contributed by atoms with E-state index in [1.807, 2.05) is 22.6 Å². The van der Waals surface area contributed by atoms with Gasteiger partial charge in [0.05, 0.1) is 5.02 Å². The minimum absolute atomic E-state index is 0.0208. The Morgan fingerprint density at radius 2 is 2.18 bits per heavy atom. The van der Waals surface area contributed by atoms with Crippen molar-refractivity contribution in [3.63, 3.8) is 0 Å². The van der Waals surface area contributed by atoms with Crippen LogP contribution in [0.15, 0.2) is 12.1 Å². The Labute approximate surface area is 81.7 Å². The fourth-order valence-electron chi connectivity index (χ4n) is 0.628. The Morgan fingerprint density at radius 3 is 2.73 bits per heavy atom. The van der Waals surface area contributed by atoms with Crippen molar-refractivity contribution in [3.05, 3.63) is 32.1 Å². The lowest BCUT2D eigenvalue weighted by atomic mass is 10.2. The Kier molecular flexibility index (Phi) is 2.84. The zero-order valence-electron chi connectivity index (χ0n) is 5.27. The van der Waals surface area contributed by atoms with Crippen molar-refractivity contribution < 1.29 is 9.18 Å². The summed E-state index contributed by atoms with van der Waals surface area (Å²) in [6.45, 7) is 0. The molecular weight excluding hydrogens is 281 g/mol. The maximum absolute atomic E-state index is 12.6. The summed E-state index contributed by atoms with van der Waals surface area (Å²) in [5.74, 6) is -0.498. The van der Waals surface area contributed by atoms with E-state index in [0.717, 1.165) is 0 Å². The van der Waals surface area contributed by atoms with Crippen LogP contribution in [0.2, 0.25) is 5.02 Å². The van der Waals surface area contributed by atoms with Crippen LogP contribution in [0.4, 0.5) is 4.39 Å². The Hall–Kier alpha value is -0.160. The highest BCUT2D eigenvalue weighted by Crippen LogP contribution is 2.20.